The average molecular weight is 652 g/mol. The zero-order chi connectivity index (χ0) is 32.2. The van der Waals surface area contributed by atoms with Crippen LogP contribution < -0.4 is 9.21 Å². The predicted octanol–water partition coefficient (Wildman–Crippen LogP) is 6.62. The quantitative estimate of drug-likeness (QED) is 0.238. The smallest absolute Gasteiger partial charge is 0.416 e. The fraction of sp³-hybridized carbons (Fsp3) is 0.323. The van der Waals surface area contributed by atoms with Crippen molar-refractivity contribution in [3.8, 4) is 0 Å². The van der Waals surface area contributed by atoms with Crippen molar-refractivity contribution < 1.29 is 35.9 Å². The lowest BCUT2D eigenvalue weighted by atomic mass is 9.97. The molecule has 0 unspecified atom stereocenters. The van der Waals surface area contributed by atoms with E-state index in [0.717, 1.165) is 22.5 Å². The second-order valence-electron chi connectivity index (χ2n) is 11.4. The molecule has 2 heterocycles. The third-order valence-corrected chi connectivity index (χ3v) is 10.3. The monoisotopic (exact) mass is 651 g/mol. The van der Waals surface area contributed by atoms with Gasteiger partial charge in [-0.3, -0.25) is 14.0 Å². The van der Waals surface area contributed by atoms with Crippen LogP contribution in [0.15, 0.2) is 65.6 Å². The first-order valence-electron chi connectivity index (χ1n) is 13.7. The lowest BCUT2D eigenvalue weighted by Gasteiger charge is -2.51. The van der Waals surface area contributed by atoms with Crippen LogP contribution in [-0.2, 0) is 21.0 Å². The van der Waals surface area contributed by atoms with E-state index in [1.807, 2.05) is 4.90 Å². The number of hydrogen-bond acceptors (Lipinski definition) is 5. The van der Waals surface area contributed by atoms with Crippen molar-refractivity contribution in [2.24, 2.45) is 0 Å². The Labute approximate surface area is 258 Å². The van der Waals surface area contributed by atoms with Crippen molar-refractivity contribution in [1.82, 2.24) is 4.90 Å². The Hall–Kier alpha value is -3.61. The van der Waals surface area contributed by atoms with Gasteiger partial charge in [0.15, 0.2) is 0 Å². The number of carboxylic acids is 1. The molecule has 2 aliphatic heterocycles. The number of nitrogens with zero attached hydrogens (tertiary/aromatic N) is 3. The summed E-state index contributed by atoms with van der Waals surface area (Å²) in [7, 11) is -4.52. The first kappa shape index (κ1) is 31.8. The van der Waals surface area contributed by atoms with Gasteiger partial charge in [0, 0.05) is 25.2 Å². The molecule has 0 aromatic heterocycles. The molecule has 3 aromatic rings. The van der Waals surface area contributed by atoms with E-state index in [1.54, 1.807) is 56.0 Å². The molecule has 1 saturated heterocycles. The van der Waals surface area contributed by atoms with Crippen LogP contribution in [-0.4, -0.2) is 62.2 Å². The molecule has 3 aromatic carbocycles. The highest BCUT2D eigenvalue weighted by molar-refractivity contribution is 7.92. The number of sulfonamides is 1. The third-order valence-electron chi connectivity index (χ3n) is 8.24. The Bertz CT molecular complexity index is 1740. The van der Waals surface area contributed by atoms with E-state index in [2.05, 4.69) is 0 Å². The van der Waals surface area contributed by atoms with Crippen molar-refractivity contribution in [3.63, 3.8) is 0 Å². The highest BCUT2D eigenvalue weighted by atomic mass is 35.5. The maximum Gasteiger partial charge on any atom is 0.416 e. The average Bonchev–Trinajstić information content (AvgIpc) is 2.95. The van der Waals surface area contributed by atoms with Crippen molar-refractivity contribution in [2.45, 2.75) is 43.4 Å². The number of piperazine rings is 1. The van der Waals surface area contributed by atoms with E-state index in [9.17, 15) is 35.9 Å². The molecule has 1 N–H and O–H groups in total. The number of aliphatic carboxylic acids is 1. The molecule has 5 rings (SSSR count). The van der Waals surface area contributed by atoms with Crippen LogP contribution in [0.5, 0.6) is 0 Å². The molecule has 0 saturated carbocycles. The van der Waals surface area contributed by atoms with Crippen molar-refractivity contribution >= 4 is 50.6 Å². The summed E-state index contributed by atoms with van der Waals surface area (Å²) in [6, 6.07) is 12.5. The van der Waals surface area contributed by atoms with Crippen LogP contribution in [0.3, 0.4) is 0 Å². The number of alkyl halides is 3. The third kappa shape index (κ3) is 5.78. The molecule has 0 radical (unpaired) electrons. The number of benzene rings is 3. The van der Waals surface area contributed by atoms with Gasteiger partial charge >= 0.3 is 12.1 Å². The molecule has 2 aliphatic rings. The summed E-state index contributed by atoms with van der Waals surface area (Å²) < 4.78 is 84.5. The Kier molecular flexibility index (Phi) is 8.23. The number of fused-ring (bicyclic) bond motifs is 3. The van der Waals surface area contributed by atoms with E-state index in [1.165, 1.54) is 12.1 Å². The van der Waals surface area contributed by atoms with Gasteiger partial charge in [0.25, 0.3) is 10.0 Å². The molecule has 0 bridgehead atoms. The van der Waals surface area contributed by atoms with Crippen LogP contribution in [0.4, 0.5) is 28.9 Å². The largest absolute Gasteiger partial charge is 0.480 e. The summed E-state index contributed by atoms with van der Waals surface area (Å²) in [4.78, 5) is 15.2. The SMILES string of the molecule is C/C(=C\c1ccc2c(c1)N(S(=O)(=O)c1cccc(C(F)(F)F)c1)C[C@@H]1CN(C(C)(C)C(=O)O)CCN21)c1c(F)cccc1Cl. The number of halogens is 5. The van der Waals surface area contributed by atoms with Gasteiger partial charge in [0.05, 0.1) is 39.4 Å². The Morgan fingerprint density at radius 2 is 1.70 bits per heavy atom. The molecule has 0 spiro atoms. The van der Waals surface area contributed by atoms with Gasteiger partial charge in [-0.25, -0.2) is 12.8 Å². The molecular weight excluding hydrogens is 622 g/mol. The minimum atomic E-state index is -4.75. The van der Waals surface area contributed by atoms with Gasteiger partial charge in [-0.15, -0.1) is 0 Å². The van der Waals surface area contributed by atoms with Crippen LogP contribution in [0.2, 0.25) is 5.02 Å². The van der Waals surface area contributed by atoms with Crippen molar-refractivity contribution in [2.75, 3.05) is 35.4 Å². The second kappa shape index (κ2) is 11.4. The van der Waals surface area contributed by atoms with Crippen LogP contribution >= 0.6 is 11.6 Å². The van der Waals surface area contributed by atoms with Crippen LogP contribution in [0.25, 0.3) is 11.6 Å². The summed E-state index contributed by atoms with van der Waals surface area (Å²) >= 11 is 6.25. The molecule has 0 aliphatic carbocycles. The van der Waals surface area contributed by atoms with Gasteiger partial charge in [0.1, 0.15) is 11.4 Å². The maximum atomic E-state index is 14.6. The normalized spacial score (nSPS) is 18.2. The van der Waals surface area contributed by atoms with Crippen LogP contribution in [0.1, 0.15) is 37.5 Å². The highest BCUT2D eigenvalue weighted by Gasteiger charge is 2.45. The topological polar surface area (TPSA) is 81.2 Å². The standard InChI is InChI=1S/C31H30ClF4N3O4S/c1-19(28-24(32)8-5-9-25(28)33)14-20-10-11-26-27(15-20)39(44(42,43)23-7-4-6-21(16-23)31(34,35)36)18-22-17-37(12-13-38(22)26)30(2,3)29(40)41/h4-11,14-16,22H,12-13,17-18H2,1-3H3,(H,40,41)/b19-14+/t22-/m0/s1. The molecular formula is C31H30ClF4N3O4S. The fourth-order valence-electron chi connectivity index (χ4n) is 5.72. The van der Waals surface area contributed by atoms with Gasteiger partial charge < -0.3 is 10.0 Å². The Morgan fingerprint density at radius 3 is 2.36 bits per heavy atom. The molecule has 1 fully saturated rings. The number of rotatable bonds is 6. The predicted molar refractivity (Wildman–Crippen MR) is 162 cm³/mol. The van der Waals surface area contributed by atoms with Gasteiger partial charge in [-0.1, -0.05) is 35.9 Å². The number of allylic oxidation sites excluding steroid dienone is 1. The summed E-state index contributed by atoms with van der Waals surface area (Å²) in [6.45, 7) is 5.67. The van der Waals surface area contributed by atoms with E-state index in [4.69, 9.17) is 11.6 Å². The Balaban J connectivity index is 1.62. The molecule has 13 heteroatoms. The summed E-state index contributed by atoms with van der Waals surface area (Å²) in [5, 5.41) is 10.0. The molecule has 7 nitrogen and oxygen atoms in total. The van der Waals surface area contributed by atoms with E-state index >= 15 is 0 Å². The van der Waals surface area contributed by atoms with Gasteiger partial charge in [-0.2, -0.15) is 13.2 Å². The molecule has 1 atom stereocenters. The lowest BCUT2D eigenvalue weighted by molar-refractivity contribution is -0.150. The number of carboxylic acid groups (broad SMARTS) is 1. The molecule has 0 amide bonds. The molecule has 44 heavy (non-hydrogen) atoms. The van der Waals surface area contributed by atoms with Gasteiger partial charge in [0.2, 0.25) is 0 Å². The summed E-state index contributed by atoms with van der Waals surface area (Å²) in [5.41, 5.74) is -0.352. The number of hydrogen-bond donors (Lipinski definition) is 1. The van der Waals surface area contributed by atoms with Crippen molar-refractivity contribution in [3.05, 3.63) is 88.2 Å². The zero-order valence-corrected chi connectivity index (χ0v) is 25.6. The maximum absolute atomic E-state index is 14.6. The Morgan fingerprint density at radius 1 is 1.00 bits per heavy atom. The second-order valence-corrected chi connectivity index (χ2v) is 13.7. The van der Waals surface area contributed by atoms with E-state index in [-0.39, 0.29) is 29.4 Å². The van der Waals surface area contributed by atoms with E-state index in [0.29, 0.717) is 36.0 Å². The van der Waals surface area contributed by atoms with Crippen LogP contribution in [0, 0.1) is 5.82 Å². The zero-order valence-electron chi connectivity index (χ0n) is 24.1. The minimum absolute atomic E-state index is 0.136. The highest BCUT2D eigenvalue weighted by Crippen LogP contribution is 2.42. The fourth-order valence-corrected chi connectivity index (χ4v) is 7.59. The molecule has 234 valence electrons. The minimum Gasteiger partial charge on any atom is -0.480 e. The van der Waals surface area contributed by atoms with Crippen molar-refractivity contribution in [1.29, 1.82) is 0 Å². The van der Waals surface area contributed by atoms with Gasteiger partial charge in [-0.05, 0) is 74.4 Å². The number of carbonyl (C=O) groups is 1. The number of anilines is 2. The summed E-state index contributed by atoms with van der Waals surface area (Å²) in [6.07, 6.45) is -3.10. The first-order chi connectivity index (χ1) is 20.5. The lowest BCUT2D eigenvalue weighted by Crippen LogP contribution is -2.65. The van der Waals surface area contributed by atoms with E-state index < -0.39 is 50.0 Å². The summed E-state index contributed by atoms with van der Waals surface area (Å²) in [5.74, 6) is -1.56. The first-order valence-corrected chi connectivity index (χ1v) is 15.6.